The molecule has 2 fully saturated rings. The van der Waals surface area contributed by atoms with Gasteiger partial charge in [0.1, 0.15) is 11.6 Å². The van der Waals surface area contributed by atoms with Gasteiger partial charge in [-0.2, -0.15) is 0 Å². The van der Waals surface area contributed by atoms with Crippen molar-refractivity contribution in [3.8, 4) is 0 Å². The highest BCUT2D eigenvalue weighted by atomic mass is 16.6. The lowest BCUT2D eigenvalue weighted by Crippen LogP contribution is -2.48. The molecule has 5 heteroatoms. The Morgan fingerprint density at radius 2 is 1.87 bits per heavy atom. The van der Waals surface area contributed by atoms with Crippen LogP contribution in [0.4, 0.5) is 4.79 Å². The molecule has 1 aliphatic heterocycles. The van der Waals surface area contributed by atoms with Crippen LogP contribution in [0, 0.1) is 5.92 Å². The molecule has 0 bridgehead atoms. The van der Waals surface area contributed by atoms with Gasteiger partial charge < -0.3 is 9.47 Å². The number of ether oxygens (including phenoxy) is 2. The molecular formula is C18H31NO4. The topological polar surface area (TPSA) is 55.8 Å². The first-order valence-corrected chi connectivity index (χ1v) is 9.01. The number of carbonyl (C=O) groups is 2. The number of likely N-dealkylation sites (tertiary alicyclic amines) is 1. The van der Waals surface area contributed by atoms with Gasteiger partial charge in [0.05, 0.1) is 6.61 Å². The number of carbonyl (C=O) groups excluding carboxylic acids is 2. The number of rotatable bonds is 4. The molecule has 1 saturated carbocycles. The van der Waals surface area contributed by atoms with E-state index in [4.69, 9.17) is 9.47 Å². The average molecular weight is 325 g/mol. The molecule has 2 rings (SSSR count). The van der Waals surface area contributed by atoms with Gasteiger partial charge in [0.15, 0.2) is 0 Å². The molecule has 1 aliphatic carbocycles. The molecule has 0 N–H and O–H groups in total. The third-order valence-corrected chi connectivity index (χ3v) is 4.71. The fourth-order valence-corrected chi connectivity index (χ4v) is 3.66. The first-order valence-electron chi connectivity index (χ1n) is 9.01. The van der Waals surface area contributed by atoms with E-state index in [1.54, 1.807) is 4.90 Å². The number of hydrogen-bond acceptors (Lipinski definition) is 4. The van der Waals surface area contributed by atoms with Gasteiger partial charge in [-0.15, -0.1) is 0 Å². The summed E-state index contributed by atoms with van der Waals surface area (Å²) in [7, 11) is 0. The zero-order valence-electron chi connectivity index (χ0n) is 15.0. The summed E-state index contributed by atoms with van der Waals surface area (Å²) < 4.78 is 11.0. The molecule has 1 saturated heterocycles. The molecule has 0 aromatic heterocycles. The monoisotopic (exact) mass is 325 g/mol. The Labute approximate surface area is 139 Å². The molecule has 132 valence electrons. The van der Waals surface area contributed by atoms with Gasteiger partial charge >= 0.3 is 12.1 Å². The van der Waals surface area contributed by atoms with Crippen LogP contribution >= 0.6 is 0 Å². The molecule has 0 radical (unpaired) electrons. The number of nitrogens with zero attached hydrogens (tertiary/aromatic N) is 1. The van der Waals surface area contributed by atoms with E-state index in [1.807, 2.05) is 20.8 Å². The quantitative estimate of drug-likeness (QED) is 0.581. The van der Waals surface area contributed by atoms with Crippen molar-refractivity contribution in [1.82, 2.24) is 4.90 Å². The van der Waals surface area contributed by atoms with Gasteiger partial charge in [-0.05, 0) is 52.4 Å². The van der Waals surface area contributed by atoms with Crippen LogP contribution in [0.3, 0.4) is 0 Å². The van der Waals surface area contributed by atoms with Crippen molar-refractivity contribution in [3.63, 3.8) is 0 Å². The minimum absolute atomic E-state index is 0.127. The Bertz CT molecular complexity index is 429. The maximum absolute atomic E-state index is 12.7. The minimum Gasteiger partial charge on any atom is -0.464 e. The van der Waals surface area contributed by atoms with E-state index in [1.165, 1.54) is 6.42 Å². The Hall–Kier alpha value is -1.26. The van der Waals surface area contributed by atoms with Gasteiger partial charge in [-0.3, -0.25) is 4.90 Å². The van der Waals surface area contributed by atoms with Gasteiger partial charge in [0, 0.05) is 6.04 Å². The lowest BCUT2D eigenvalue weighted by molar-refractivity contribution is -0.149. The molecule has 0 aromatic rings. The molecule has 1 heterocycles. The first-order chi connectivity index (χ1) is 10.8. The van der Waals surface area contributed by atoms with Crippen LogP contribution in [-0.4, -0.2) is 41.3 Å². The summed E-state index contributed by atoms with van der Waals surface area (Å²) in [6, 6.07) is -0.350. The van der Waals surface area contributed by atoms with E-state index in [0.717, 1.165) is 38.5 Å². The lowest BCUT2D eigenvalue weighted by Gasteiger charge is -2.34. The molecule has 2 aliphatic rings. The maximum Gasteiger partial charge on any atom is 0.411 e. The van der Waals surface area contributed by atoms with Crippen LogP contribution in [-0.2, 0) is 14.3 Å². The van der Waals surface area contributed by atoms with Gasteiger partial charge in [-0.1, -0.05) is 26.2 Å². The zero-order chi connectivity index (χ0) is 17.0. The largest absolute Gasteiger partial charge is 0.464 e. The van der Waals surface area contributed by atoms with Gasteiger partial charge in [-0.25, -0.2) is 9.59 Å². The summed E-state index contributed by atoms with van der Waals surface area (Å²) in [6.07, 6.45) is 6.53. The second-order valence-electron chi connectivity index (χ2n) is 7.77. The van der Waals surface area contributed by atoms with Crippen molar-refractivity contribution >= 4 is 12.1 Å². The molecule has 3 unspecified atom stereocenters. The predicted octanol–water partition coefficient (Wildman–Crippen LogP) is 3.90. The molecule has 23 heavy (non-hydrogen) atoms. The Morgan fingerprint density at radius 1 is 1.17 bits per heavy atom. The lowest BCUT2D eigenvalue weighted by atomic mass is 9.85. The third kappa shape index (κ3) is 4.61. The average Bonchev–Trinajstić information content (AvgIpc) is 2.85. The van der Waals surface area contributed by atoms with E-state index >= 15 is 0 Å². The summed E-state index contributed by atoms with van der Waals surface area (Å²) in [4.78, 5) is 26.8. The number of amides is 1. The van der Waals surface area contributed by atoms with E-state index < -0.39 is 11.6 Å². The van der Waals surface area contributed by atoms with Crippen molar-refractivity contribution in [2.24, 2.45) is 5.92 Å². The molecule has 3 atom stereocenters. The van der Waals surface area contributed by atoms with Crippen molar-refractivity contribution in [1.29, 1.82) is 0 Å². The number of unbranched alkanes of at least 4 members (excludes halogenated alkanes) is 1. The number of esters is 1. The predicted molar refractivity (Wildman–Crippen MR) is 88.1 cm³/mol. The van der Waals surface area contributed by atoms with Crippen LogP contribution in [0.5, 0.6) is 0 Å². The van der Waals surface area contributed by atoms with Crippen LogP contribution < -0.4 is 0 Å². The number of fused-ring (bicyclic) bond motifs is 1. The standard InChI is InChI=1S/C18H31NO4/c1-5-6-11-22-16(20)15-12-13-9-7-8-10-14(13)19(15)17(21)23-18(2,3)4/h13-15H,5-12H2,1-4H3. The Morgan fingerprint density at radius 3 is 2.52 bits per heavy atom. The summed E-state index contributed by atoms with van der Waals surface area (Å²) >= 11 is 0. The van der Waals surface area contributed by atoms with E-state index in [2.05, 4.69) is 6.92 Å². The summed E-state index contributed by atoms with van der Waals surface area (Å²) in [6.45, 7) is 8.06. The summed E-state index contributed by atoms with van der Waals surface area (Å²) in [5.74, 6) is 0.138. The molecule has 1 amide bonds. The minimum atomic E-state index is -0.555. The molecular weight excluding hydrogens is 294 g/mol. The second-order valence-corrected chi connectivity index (χ2v) is 7.77. The van der Waals surface area contributed by atoms with Crippen molar-refractivity contribution in [3.05, 3.63) is 0 Å². The molecule has 0 aromatic carbocycles. The SMILES string of the molecule is CCCCOC(=O)C1CC2CCCCC2N1C(=O)OC(C)(C)C. The Kier molecular flexibility index (Phi) is 5.93. The first kappa shape index (κ1) is 18.1. The third-order valence-electron chi connectivity index (χ3n) is 4.71. The molecule has 5 nitrogen and oxygen atoms in total. The van der Waals surface area contributed by atoms with Crippen molar-refractivity contribution in [2.45, 2.75) is 90.3 Å². The van der Waals surface area contributed by atoms with Gasteiger partial charge in [0.2, 0.25) is 0 Å². The highest BCUT2D eigenvalue weighted by Crippen LogP contribution is 2.40. The smallest absolute Gasteiger partial charge is 0.411 e. The highest BCUT2D eigenvalue weighted by Gasteiger charge is 2.49. The van der Waals surface area contributed by atoms with Crippen molar-refractivity contribution < 1.29 is 19.1 Å². The van der Waals surface area contributed by atoms with Crippen molar-refractivity contribution in [2.75, 3.05) is 6.61 Å². The fourth-order valence-electron chi connectivity index (χ4n) is 3.66. The molecule has 0 spiro atoms. The van der Waals surface area contributed by atoms with Crippen LogP contribution in [0.15, 0.2) is 0 Å². The van der Waals surface area contributed by atoms with Gasteiger partial charge in [0.25, 0.3) is 0 Å². The summed E-state index contributed by atoms with van der Waals surface area (Å²) in [5, 5.41) is 0. The van der Waals surface area contributed by atoms with E-state index in [-0.39, 0.29) is 18.1 Å². The normalized spacial score (nSPS) is 27.5. The fraction of sp³-hybridized carbons (Fsp3) is 0.889. The summed E-state index contributed by atoms with van der Waals surface area (Å²) in [5.41, 5.74) is -0.555. The van der Waals surface area contributed by atoms with E-state index in [0.29, 0.717) is 12.5 Å². The van der Waals surface area contributed by atoms with Crippen LogP contribution in [0.2, 0.25) is 0 Å². The zero-order valence-corrected chi connectivity index (χ0v) is 15.0. The van der Waals surface area contributed by atoms with Crippen LogP contribution in [0.25, 0.3) is 0 Å². The maximum atomic E-state index is 12.7. The second kappa shape index (κ2) is 7.54. The van der Waals surface area contributed by atoms with E-state index in [9.17, 15) is 9.59 Å². The highest BCUT2D eigenvalue weighted by molar-refractivity contribution is 5.82. The Balaban J connectivity index is 2.10. The van der Waals surface area contributed by atoms with Crippen LogP contribution in [0.1, 0.15) is 72.6 Å². The number of hydrogen-bond donors (Lipinski definition) is 0.